The number of carbonyl (C=O) groups excluding carboxylic acids is 3. The van der Waals surface area contributed by atoms with Gasteiger partial charge < -0.3 is 14.8 Å². The number of likely N-dealkylation sites (tertiary alicyclic amines) is 1. The average Bonchev–Trinajstić information content (AvgIpc) is 2.84. The highest BCUT2D eigenvalue weighted by atomic mass is 35.5. The molecule has 0 aromatic heterocycles. The van der Waals surface area contributed by atoms with Crippen molar-refractivity contribution >= 4 is 35.0 Å². The maximum absolute atomic E-state index is 13.1. The highest BCUT2D eigenvalue weighted by Crippen LogP contribution is 2.60. The molecule has 0 radical (unpaired) electrons. The van der Waals surface area contributed by atoms with Crippen LogP contribution < -0.4 is 14.8 Å². The van der Waals surface area contributed by atoms with Gasteiger partial charge in [-0.3, -0.25) is 19.3 Å². The van der Waals surface area contributed by atoms with Crippen LogP contribution in [0.5, 0.6) is 11.5 Å². The maximum atomic E-state index is 13.1. The van der Waals surface area contributed by atoms with E-state index >= 15 is 0 Å². The lowest BCUT2D eigenvalue weighted by molar-refractivity contribution is -0.168. The molecule has 1 saturated heterocycles. The summed E-state index contributed by atoms with van der Waals surface area (Å²) in [5.74, 6) is -0.591. The summed E-state index contributed by atoms with van der Waals surface area (Å²) >= 11 is 6.08. The van der Waals surface area contributed by atoms with E-state index in [-0.39, 0.29) is 24.3 Å². The Bertz CT molecular complexity index is 853. The Morgan fingerprint density at radius 3 is 2.46 bits per heavy atom. The largest absolute Gasteiger partial charge is 0.495 e. The Hall–Kier alpha value is -2.28. The fourth-order valence-electron chi connectivity index (χ4n) is 4.34. The van der Waals surface area contributed by atoms with Gasteiger partial charge in [0.05, 0.1) is 30.3 Å². The van der Waals surface area contributed by atoms with Crippen molar-refractivity contribution in [2.75, 3.05) is 26.1 Å². The van der Waals surface area contributed by atoms with Crippen LogP contribution in [0.3, 0.4) is 0 Å². The van der Waals surface area contributed by atoms with Gasteiger partial charge in [0.1, 0.15) is 18.0 Å². The zero-order chi connectivity index (χ0) is 20.9. The van der Waals surface area contributed by atoms with Crippen LogP contribution >= 0.6 is 11.6 Å². The first-order valence-electron chi connectivity index (χ1n) is 9.14. The third kappa shape index (κ3) is 2.92. The number of ether oxygens (including phenoxy) is 2. The summed E-state index contributed by atoms with van der Waals surface area (Å²) < 4.78 is 10.4. The number of carbonyl (C=O) groups is 3. The lowest BCUT2D eigenvalue weighted by Gasteiger charge is -2.47. The first kappa shape index (κ1) is 20.5. The van der Waals surface area contributed by atoms with E-state index in [4.69, 9.17) is 21.1 Å². The Morgan fingerprint density at radius 2 is 1.86 bits per heavy atom. The molecule has 2 unspecified atom stereocenters. The number of rotatable bonds is 5. The van der Waals surface area contributed by atoms with Gasteiger partial charge in [-0.2, -0.15) is 0 Å². The van der Waals surface area contributed by atoms with Crippen LogP contribution in [0, 0.1) is 16.7 Å². The van der Waals surface area contributed by atoms with Crippen molar-refractivity contribution in [1.29, 1.82) is 0 Å². The van der Waals surface area contributed by atoms with E-state index in [1.807, 2.05) is 20.8 Å². The minimum atomic E-state index is -0.646. The monoisotopic (exact) mass is 408 g/mol. The minimum absolute atomic E-state index is 0.256. The maximum Gasteiger partial charge on any atom is 0.244 e. The quantitative estimate of drug-likeness (QED) is 0.756. The normalized spacial score (nSPS) is 25.6. The van der Waals surface area contributed by atoms with Crippen molar-refractivity contribution in [2.24, 2.45) is 16.7 Å². The fraction of sp³-hybridized carbons (Fsp3) is 0.550. The average molecular weight is 409 g/mol. The van der Waals surface area contributed by atoms with E-state index in [9.17, 15) is 14.4 Å². The molecule has 1 aromatic carbocycles. The third-order valence-electron chi connectivity index (χ3n) is 6.56. The molecule has 2 atom stereocenters. The van der Waals surface area contributed by atoms with Crippen LogP contribution in [0.25, 0.3) is 0 Å². The van der Waals surface area contributed by atoms with Gasteiger partial charge >= 0.3 is 0 Å². The topological polar surface area (TPSA) is 84.9 Å². The van der Waals surface area contributed by atoms with Crippen LogP contribution in [-0.4, -0.2) is 43.4 Å². The number of halogens is 1. The molecule has 2 aliphatic rings. The summed E-state index contributed by atoms with van der Waals surface area (Å²) in [5.41, 5.74) is -0.714. The zero-order valence-electron chi connectivity index (χ0n) is 16.7. The van der Waals surface area contributed by atoms with E-state index < -0.39 is 16.7 Å². The molecule has 1 aliphatic carbocycles. The molecule has 3 amide bonds. The highest BCUT2D eigenvalue weighted by molar-refractivity contribution is 6.32. The van der Waals surface area contributed by atoms with Crippen LogP contribution in [0.15, 0.2) is 12.1 Å². The number of imide groups is 1. The third-order valence-corrected chi connectivity index (χ3v) is 6.85. The summed E-state index contributed by atoms with van der Waals surface area (Å²) in [6.45, 7) is 5.47. The fourth-order valence-corrected chi connectivity index (χ4v) is 4.57. The molecule has 7 nitrogen and oxygen atoms in total. The van der Waals surface area contributed by atoms with E-state index in [2.05, 4.69) is 5.32 Å². The lowest BCUT2D eigenvalue weighted by Crippen LogP contribution is -2.60. The molecule has 0 spiro atoms. The molecule has 1 heterocycles. The first-order valence-corrected chi connectivity index (χ1v) is 9.51. The molecule has 2 fully saturated rings. The van der Waals surface area contributed by atoms with Crippen LogP contribution in [0.2, 0.25) is 5.02 Å². The number of hydrogen-bond acceptors (Lipinski definition) is 5. The number of benzene rings is 1. The van der Waals surface area contributed by atoms with E-state index in [1.54, 1.807) is 0 Å². The number of fused-ring (bicyclic) bond motifs is 2. The molecule has 8 heteroatoms. The van der Waals surface area contributed by atoms with E-state index in [0.29, 0.717) is 35.1 Å². The smallest absolute Gasteiger partial charge is 0.244 e. The minimum Gasteiger partial charge on any atom is -0.495 e. The standard InChI is InChI=1S/C20H25ClN2O5/c1-19(2)11-6-7-20(19,3)18(26)23(17(11)25)10-16(24)22-13-9-14(27-4)12(21)8-15(13)28-5/h8-9,11H,6-7,10H2,1-5H3,(H,22,24). The van der Waals surface area contributed by atoms with Crippen molar-refractivity contribution in [3.63, 3.8) is 0 Å². The summed E-state index contributed by atoms with van der Waals surface area (Å²) in [5, 5.41) is 3.02. The van der Waals surface area contributed by atoms with Crippen molar-refractivity contribution in [3.8, 4) is 11.5 Å². The van der Waals surface area contributed by atoms with Gasteiger partial charge in [0, 0.05) is 18.1 Å². The molecule has 28 heavy (non-hydrogen) atoms. The van der Waals surface area contributed by atoms with Gasteiger partial charge in [0.25, 0.3) is 0 Å². The molecule has 1 saturated carbocycles. The Kier molecular flexibility index (Phi) is 5.08. The van der Waals surface area contributed by atoms with Gasteiger partial charge in [-0.25, -0.2) is 0 Å². The second kappa shape index (κ2) is 6.95. The van der Waals surface area contributed by atoms with Crippen molar-refractivity contribution < 1.29 is 23.9 Å². The Balaban J connectivity index is 1.81. The lowest BCUT2D eigenvalue weighted by atomic mass is 9.62. The van der Waals surface area contributed by atoms with Crippen molar-refractivity contribution in [3.05, 3.63) is 17.2 Å². The zero-order valence-corrected chi connectivity index (χ0v) is 17.5. The number of methoxy groups -OCH3 is 2. The molecule has 3 rings (SSSR count). The van der Waals surface area contributed by atoms with Crippen molar-refractivity contribution in [2.45, 2.75) is 33.6 Å². The molecule has 1 N–H and O–H groups in total. The number of nitrogens with one attached hydrogen (secondary N) is 1. The second-order valence-corrected chi connectivity index (χ2v) is 8.52. The number of hydrogen-bond donors (Lipinski definition) is 1. The molecule has 2 bridgehead atoms. The summed E-state index contributed by atoms with van der Waals surface area (Å²) in [6, 6.07) is 3.06. The number of nitrogens with zero attached hydrogens (tertiary/aromatic N) is 1. The van der Waals surface area contributed by atoms with Gasteiger partial charge in [0.2, 0.25) is 17.7 Å². The number of amides is 3. The Morgan fingerprint density at radius 1 is 1.21 bits per heavy atom. The van der Waals surface area contributed by atoms with Gasteiger partial charge in [-0.05, 0) is 18.3 Å². The Labute approximate surface area is 169 Å². The summed E-state index contributed by atoms with van der Waals surface area (Å²) in [7, 11) is 2.91. The predicted octanol–water partition coefficient (Wildman–Crippen LogP) is 3.11. The molecule has 1 aromatic rings. The molecule has 152 valence electrons. The highest BCUT2D eigenvalue weighted by Gasteiger charge is 2.64. The van der Waals surface area contributed by atoms with E-state index in [0.717, 1.165) is 4.90 Å². The number of piperidine rings is 1. The van der Waals surface area contributed by atoms with Gasteiger partial charge in [-0.1, -0.05) is 32.4 Å². The SMILES string of the molecule is COc1cc(NC(=O)CN2C(=O)C3CCC(C)(C2=O)C3(C)C)c(OC)cc1Cl. The van der Waals surface area contributed by atoms with Crippen LogP contribution in [0.4, 0.5) is 5.69 Å². The van der Waals surface area contributed by atoms with Crippen LogP contribution in [-0.2, 0) is 14.4 Å². The predicted molar refractivity (Wildman–Crippen MR) is 105 cm³/mol. The molecular weight excluding hydrogens is 384 g/mol. The number of anilines is 1. The summed E-state index contributed by atoms with van der Waals surface area (Å²) in [4.78, 5) is 39.7. The molecular formula is C20H25ClN2O5. The van der Waals surface area contributed by atoms with Gasteiger partial charge in [0.15, 0.2) is 0 Å². The van der Waals surface area contributed by atoms with E-state index in [1.165, 1.54) is 26.4 Å². The van der Waals surface area contributed by atoms with Gasteiger partial charge in [-0.15, -0.1) is 0 Å². The first-order chi connectivity index (χ1) is 13.1. The second-order valence-electron chi connectivity index (χ2n) is 8.11. The van der Waals surface area contributed by atoms with Crippen molar-refractivity contribution in [1.82, 2.24) is 4.90 Å². The summed E-state index contributed by atoms with van der Waals surface area (Å²) in [6.07, 6.45) is 1.31. The van der Waals surface area contributed by atoms with Crippen LogP contribution in [0.1, 0.15) is 33.6 Å². The molecule has 1 aliphatic heterocycles.